The Labute approximate surface area is 121 Å². The molecule has 19 heavy (non-hydrogen) atoms. The second kappa shape index (κ2) is 5.79. The van der Waals surface area contributed by atoms with E-state index in [1.807, 2.05) is 0 Å². The van der Waals surface area contributed by atoms with Gasteiger partial charge in [0.05, 0.1) is 11.7 Å². The molecule has 0 aliphatic heterocycles. The van der Waals surface area contributed by atoms with Crippen LogP contribution in [0.2, 0.25) is 0 Å². The van der Waals surface area contributed by atoms with E-state index in [-0.39, 0.29) is 6.04 Å². The zero-order valence-electron chi connectivity index (χ0n) is 11.6. The average Bonchev–Trinajstić information content (AvgIpc) is 2.84. The van der Waals surface area contributed by atoms with Gasteiger partial charge in [0.1, 0.15) is 0 Å². The van der Waals surface area contributed by atoms with Crippen LogP contribution in [0.5, 0.6) is 0 Å². The van der Waals surface area contributed by atoms with Gasteiger partial charge in [-0.05, 0) is 61.0 Å². The largest absolute Gasteiger partial charge is 0.308 e. The van der Waals surface area contributed by atoms with Crippen LogP contribution in [0.3, 0.4) is 0 Å². The summed E-state index contributed by atoms with van der Waals surface area (Å²) in [5, 5.41) is 15.3. The number of aromatic nitrogens is 4. The molecular weight excluding hydrogens is 306 g/mol. The van der Waals surface area contributed by atoms with E-state index < -0.39 is 0 Å². The van der Waals surface area contributed by atoms with Gasteiger partial charge in [-0.2, -0.15) is 4.68 Å². The molecule has 1 N–H and O–H groups in total. The molecule has 0 saturated heterocycles. The molecule has 1 heterocycles. The van der Waals surface area contributed by atoms with Crippen molar-refractivity contribution in [1.82, 2.24) is 25.5 Å². The van der Waals surface area contributed by atoms with Crippen LogP contribution in [0.25, 0.3) is 5.69 Å². The minimum Gasteiger partial charge on any atom is -0.308 e. The molecule has 5 nitrogen and oxygen atoms in total. The van der Waals surface area contributed by atoms with Gasteiger partial charge in [-0.1, -0.05) is 22.9 Å². The molecule has 0 saturated carbocycles. The van der Waals surface area contributed by atoms with E-state index in [1.165, 1.54) is 11.1 Å². The Balaban J connectivity index is 2.45. The van der Waals surface area contributed by atoms with Crippen molar-refractivity contribution in [1.29, 1.82) is 0 Å². The predicted octanol–water partition coefficient (Wildman–Crippen LogP) is 2.71. The van der Waals surface area contributed by atoms with Gasteiger partial charge in [0.2, 0.25) is 0 Å². The summed E-state index contributed by atoms with van der Waals surface area (Å²) >= 11 is 3.58. The Hall–Kier alpha value is -1.27. The quantitative estimate of drug-likeness (QED) is 0.939. The summed E-state index contributed by atoms with van der Waals surface area (Å²) in [7, 11) is 0. The first-order valence-corrected chi connectivity index (χ1v) is 7.12. The fourth-order valence-electron chi connectivity index (χ4n) is 2.09. The maximum atomic E-state index is 4.12. The molecule has 1 atom stereocenters. The van der Waals surface area contributed by atoms with Crippen molar-refractivity contribution < 1.29 is 0 Å². The van der Waals surface area contributed by atoms with Crippen molar-refractivity contribution in [3.05, 3.63) is 33.6 Å². The van der Waals surface area contributed by atoms with Gasteiger partial charge in [0, 0.05) is 4.47 Å². The highest BCUT2D eigenvalue weighted by atomic mass is 79.9. The van der Waals surface area contributed by atoms with Crippen molar-refractivity contribution in [2.75, 3.05) is 6.54 Å². The Morgan fingerprint density at radius 1 is 1.32 bits per heavy atom. The van der Waals surface area contributed by atoms with Crippen LogP contribution in [0.15, 0.2) is 16.6 Å². The van der Waals surface area contributed by atoms with E-state index in [9.17, 15) is 0 Å². The highest BCUT2D eigenvalue weighted by Gasteiger charge is 2.15. The zero-order chi connectivity index (χ0) is 14.0. The van der Waals surface area contributed by atoms with E-state index in [4.69, 9.17) is 0 Å². The predicted molar refractivity (Wildman–Crippen MR) is 78.4 cm³/mol. The lowest BCUT2D eigenvalue weighted by atomic mass is 10.1. The molecule has 2 rings (SSSR count). The maximum Gasteiger partial charge on any atom is 0.173 e. The number of hydrogen-bond acceptors (Lipinski definition) is 4. The minimum atomic E-state index is 0.115. The molecule has 0 aliphatic carbocycles. The van der Waals surface area contributed by atoms with Crippen LogP contribution < -0.4 is 5.32 Å². The van der Waals surface area contributed by atoms with Gasteiger partial charge in [-0.3, -0.25) is 0 Å². The Kier molecular flexibility index (Phi) is 4.31. The summed E-state index contributed by atoms with van der Waals surface area (Å²) in [6, 6.07) is 4.27. The molecule has 2 aromatic rings. The molecule has 0 radical (unpaired) electrons. The summed E-state index contributed by atoms with van der Waals surface area (Å²) in [5.74, 6) is 0.822. The smallest absolute Gasteiger partial charge is 0.173 e. The molecule has 1 aromatic carbocycles. The lowest BCUT2D eigenvalue weighted by molar-refractivity contribution is 0.550. The maximum absolute atomic E-state index is 4.12. The Morgan fingerprint density at radius 3 is 2.53 bits per heavy atom. The number of rotatable bonds is 4. The van der Waals surface area contributed by atoms with Crippen LogP contribution in [0.4, 0.5) is 0 Å². The SMILES string of the molecule is CCNC(C)c1nnnn1-c1cc(C)c(Br)c(C)c1. The first-order chi connectivity index (χ1) is 9.04. The van der Waals surface area contributed by atoms with Gasteiger partial charge < -0.3 is 5.32 Å². The number of halogens is 1. The van der Waals surface area contributed by atoms with Crippen LogP contribution in [-0.4, -0.2) is 26.8 Å². The van der Waals surface area contributed by atoms with E-state index >= 15 is 0 Å². The minimum absolute atomic E-state index is 0.115. The molecule has 102 valence electrons. The first-order valence-electron chi connectivity index (χ1n) is 6.33. The zero-order valence-corrected chi connectivity index (χ0v) is 13.2. The van der Waals surface area contributed by atoms with Crippen LogP contribution in [-0.2, 0) is 0 Å². The highest BCUT2D eigenvalue weighted by Crippen LogP contribution is 2.25. The number of benzene rings is 1. The molecule has 1 unspecified atom stereocenters. The molecular formula is C13H18BrN5. The molecule has 0 bridgehead atoms. The molecule has 0 spiro atoms. The van der Waals surface area contributed by atoms with Crippen molar-refractivity contribution in [3.8, 4) is 5.69 Å². The van der Waals surface area contributed by atoms with Crippen LogP contribution in [0, 0.1) is 13.8 Å². The van der Waals surface area contributed by atoms with Crippen molar-refractivity contribution in [2.24, 2.45) is 0 Å². The van der Waals surface area contributed by atoms with E-state index in [0.717, 1.165) is 22.5 Å². The normalized spacial score (nSPS) is 12.7. The monoisotopic (exact) mass is 323 g/mol. The van der Waals surface area contributed by atoms with Crippen molar-refractivity contribution in [3.63, 3.8) is 0 Å². The average molecular weight is 324 g/mol. The molecule has 6 heteroatoms. The summed E-state index contributed by atoms with van der Waals surface area (Å²) in [6.07, 6.45) is 0. The summed E-state index contributed by atoms with van der Waals surface area (Å²) in [4.78, 5) is 0. The second-order valence-electron chi connectivity index (χ2n) is 4.62. The highest BCUT2D eigenvalue weighted by molar-refractivity contribution is 9.10. The lowest BCUT2D eigenvalue weighted by Gasteiger charge is -2.13. The van der Waals surface area contributed by atoms with Crippen LogP contribution in [0.1, 0.15) is 36.8 Å². The van der Waals surface area contributed by atoms with E-state index in [2.05, 4.69) is 76.6 Å². The van der Waals surface area contributed by atoms with Gasteiger partial charge in [-0.25, -0.2) is 0 Å². The first kappa shape index (κ1) is 14.1. The topological polar surface area (TPSA) is 55.6 Å². The summed E-state index contributed by atoms with van der Waals surface area (Å²) in [6.45, 7) is 9.14. The molecule has 0 aliphatic rings. The standard InChI is InChI=1S/C13H18BrN5/c1-5-15-10(4)13-16-17-18-19(13)11-6-8(2)12(14)9(3)7-11/h6-7,10,15H,5H2,1-4H3. The van der Waals surface area contributed by atoms with E-state index in [1.54, 1.807) is 4.68 Å². The lowest BCUT2D eigenvalue weighted by Crippen LogP contribution is -2.21. The summed E-state index contributed by atoms with van der Waals surface area (Å²) < 4.78 is 2.92. The molecule has 0 fully saturated rings. The number of tetrazole rings is 1. The van der Waals surface area contributed by atoms with E-state index in [0.29, 0.717) is 0 Å². The number of hydrogen-bond donors (Lipinski definition) is 1. The van der Waals surface area contributed by atoms with Gasteiger partial charge in [-0.15, -0.1) is 5.10 Å². The second-order valence-corrected chi connectivity index (χ2v) is 5.41. The number of aryl methyl sites for hydroxylation is 2. The Bertz CT molecular complexity index is 555. The molecule has 1 aromatic heterocycles. The fourth-order valence-corrected chi connectivity index (χ4v) is 2.32. The number of nitrogens with zero attached hydrogens (tertiary/aromatic N) is 4. The third kappa shape index (κ3) is 2.84. The van der Waals surface area contributed by atoms with Gasteiger partial charge >= 0.3 is 0 Å². The van der Waals surface area contributed by atoms with Crippen molar-refractivity contribution in [2.45, 2.75) is 33.7 Å². The van der Waals surface area contributed by atoms with Crippen LogP contribution >= 0.6 is 15.9 Å². The number of nitrogens with one attached hydrogen (secondary N) is 1. The summed E-state index contributed by atoms with van der Waals surface area (Å²) in [5.41, 5.74) is 3.34. The van der Waals surface area contributed by atoms with Gasteiger partial charge in [0.25, 0.3) is 0 Å². The van der Waals surface area contributed by atoms with Crippen molar-refractivity contribution >= 4 is 15.9 Å². The van der Waals surface area contributed by atoms with Gasteiger partial charge in [0.15, 0.2) is 5.82 Å². The Morgan fingerprint density at radius 2 is 1.95 bits per heavy atom. The molecule has 0 amide bonds. The fraction of sp³-hybridized carbons (Fsp3) is 0.462. The third-order valence-corrected chi connectivity index (χ3v) is 4.31. The third-order valence-electron chi connectivity index (χ3n) is 3.06.